The molecular formula is C16H8FN6+. The third-order valence-electron chi connectivity index (χ3n) is 4.16. The van der Waals surface area contributed by atoms with Crippen molar-refractivity contribution >= 4 is 5.71 Å². The first-order valence-electron chi connectivity index (χ1n) is 6.40. The standard InChI is InChI=1S/C16H7FN6/c17-12-3-1-10(2-4-12)13-15(7-20,8-21)16(13,9-22)14(23)11(5-18)6-19/h1-4,11,13,23H/p+1/t13-,16+/m1/s1. The van der Waals surface area contributed by atoms with Crippen LogP contribution in [0.5, 0.6) is 0 Å². The summed E-state index contributed by atoms with van der Waals surface area (Å²) in [5.41, 5.74) is -3.57. The Morgan fingerprint density at radius 1 is 1.00 bits per heavy atom. The number of hydrogen-bond donors (Lipinski definition) is 1. The first kappa shape index (κ1) is 15.7. The van der Waals surface area contributed by atoms with Crippen LogP contribution in [0.25, 0.3) is 0 Å². The molecular weight excluding hydrogens is 295 g/mol. The van der Waals surface area contributed by atoms with Gasteiger partial charge in [0.25, 0.3) is 0 Å². The Morgan fingerprint density at radius 2 is 1.52 bits per heavy atom. The summed E-state index contributed by atoms with van der Waals surface area (Å²) in [6, 6.07) is 13.7. The van der Waals surface area contributed by atoms with Crippen LogP contribution in [0.4, 0.5) is 4.39 Å². The average molecular weight is 303 g/mol. The van der Waals surface area contributed by atoms with Crippen molar-refractivity contribution in [3.05, 3.63) is 35.6 Å². The second-order valence-corrected chi connectivity index (χ2v) is 5.08. The molecule has 1 aliphatic rings. The zero-order valence-corrected chi connectivity index (χ0v) is 11.7. The lowest BCUT2D eigenvalue weighted by molar-refractivity contribution is -0.124. The fourth-order valence-electron chi connectivity index (χ4n) is 2.97. The van der Waals surface area contributed by atoms with Gasteiger partial charge in [-0.1, -0.05) is 12.1 Å². The van der Waals surface area contributed by atoms with Gasteiger partial charge < -0.3 is 0 Å². The van der Waals surface area contributed by atoms with Crippen LogP contribution in [0.15, 0.2) is 24.3 Å². The fourth-order valence-corrected chi connectivity index (χ4v) is 2.97. The molecule has 0 radical (unpaired) electrons. The van der Waals surface area contributed by atoms with Crippen LogP contribution in [0.1, 0.15) is 11.5 Å². The number of hydrogen-bond acceptors (Lipinski definition) is 5. The maximum absolute atomic E-state index is 13.1. The predicted octanol–water partition coefficient (Wildman–Crippen LogP) is 0.330. The van der Waals surface area contributed by atoms with Crippen molar-refractivity contribution in [3.63, 3.8) is 0 Å². The van der Waals surface area contributed by atoms with Crippen LogP contribution < -0.4 is 5.41 Å². The molecule has 1 aliphatic carbocycles. The smallest absolute Gasteiger partial charge is 0.213 e. The average Bonchev–Trinajstić information content (AvgIpc) is 3.20. The van der Waals surface area contributed by atoms with E-state index in [2.05, 4.69) is 0 Å². The Labute approximate surface area is 131 Å². The van der Waals surface area contributed by atoms with Crippen LogP contribution in [0, 0.1) is 79.2 Å². The summed E-state index contributed by atoms with van der Waals surface area (Å²) < 4.78 is 13.1. The number of nitrogens with two attached hydrogens (primary N) is 1. The second kappa shape index (κ2) is 5.23. The Morgan fingerprint density at radius 3 is 1.91 bits per heavy atom. The van der Waals surface area contributed by atoms with Crippen LogP contribution >= 0.6 is 0 Å². The zero-order chi connectivity index (χ0) is 17.3. The zero-order valence-electron chi connectivity index (χ0n) is 11.7. The van der Waals surface area contributed by atoms with E-state index in [1.54, 1.807) is 24.3 Å². The van der Waals surface area contributed by atoms with Crippen LogP contribution in [-0.2, 0) is 0 Å². The molecule has 23 heavy (non-hydrogen) atoms. The van der Waals surface area contributed by atoms with Crippen LogP contribution in [0.3, 0.4) is 0 Å². The molecule has 0 heterocycles. The van der Waals surface area contributed by atoms with Gasteiger partial charge >= 0.3 is 0 Å². The van der Waals surface area contributed by atoms with E-state index in [1.807, 2.05) is 6.07 Å². The molecule has 2 N–H and O–H groups in total. The lowest BCUT2D eigenvalue weighted by Crippen LogP contribution is -2.50. The lowest BCUT2D eigenvalue weighted by atomic mass is 9.84. The lowest BCUT2D eigenvalue weighted by Gasteiger charge is -2.06. The molecule has 108 valence electrons. The van der Waals surface area contributed by atoms with E-state index in [-0.39, 0.29) is 5.71 Å². The van der Waals surface area contributed by atoms with Gasteiger partial charge in [0.2, 0.25) is 11.6 Å². The molecule has 0 spiro atoms. The van der Waals surface area contributed by atoms with Crippen molar-refractivity contribution in [1.29, 1.82) is 26.3 Å². The van der Waals surface area contributed by atoms with Gasteiger partial charge in [-0.2, -0.15) is 26.3 Å². The minimum Gasteiger partial charge on any atom is -0.258 e. The minimum atomic E-state index is -1.82. The molecule has 0 saturated heterocycles. The Bertz CT molecular complexity index is 855. The van der Waals surface area contributed by atoms with E-state index in [1.165, 1.54) is 12.1 Å². The van der Waals surface area contributed by atoms with Crippen molar-refractivity contribution in [2.24, 2.45) is 16.7 Å². The predicted molar refractivity (Wildman–Crippen MR) is 72.5 cm³/mol. The summed E-state index contributed by atoms with van der Waals surface area (Å²) in [6.45, 7) is 0. The highest BCUT2D eigenvalue weighted by molar-refractivity contribution is 6.00. The van der Waals surface area contributed by atoms with Gasteiger partial charge in [0.05, 0.1) is 30.3 Å². The summed E-state index contributed by atoms with van der Waals surface area (Å²) >= 11 is 0. The molecule has 0 unspecified atom stereocenters. The normalized spacial score (nSPS) is 23.4. The first-order chi connectivity index (χ1) is 11.0. The topological polar surface area (TPSA) is 145 Å². The van der Waals surface area contributed by atoms with Gasteiger partial charge in [0.15, 0.2) is 10.8 Å². The highest BCUT2D eigenvalue weighted by Gasteiger charge is 2.85. The molecule has 6 nitrogen and oxygen atoms in total. The molecule has 2 rings (SSSR count). The Balaban J connectivity index is 2.66. The molecule has 1 aromatic carbocycles. The third-order valence-corrected chi connectivity index (χ3v) is 4.16. The third kappa shape index (κ3) is 1.77. The monoisotopic (exact) mass is 303 g/mol. The highest BCUT2D eigenvalue weighted by Crippen LogP contribution is 2.74. The maximum atomic E-state index is 13.1. The maximum Gasteiger partial charge on any atom is 0.213 e. The van der Waals surface area contributed by atoms with Crippen molar-refractivity contribution < 1.29 is 9.80 Å². The molecule has 1 saturated carbocycles. The van der Waals surface area contributed by atoms with Gasteiger partial charge in [0.1, 0.15) is 5.82 Å². The number of nitriles is 5. The largest absolute Gasteiger partial charge is 0.258 e. The summed E-state index contributed by atoms with van der Waals surface area (Å²) in [6.07, 6.45) is 0. The second-order valence-electron chi connectivity index (χ2n) is 5.08. The molecule has 1 aromatic rings. The number of halogens is 1. The van der Waals surface area contributed by atoms with E-state index in [0.29, 0.717) is 5.56 Å². The van der Waals surface area contributed by atoms with Crippen molar-refractivity contribution in [3.8, 4) is 30.3 Å². The van der Waals surface area contributed by atoms with Gasteiger partial charge in [0, 0.05) is 5.92 Å². The fraction of sp³-hybridized carbons (Fsp3) is 0.250. The van der Waals surface area contributed by atoms with Gasteiger partial charge in [-0.05, 0) is 17.7 Å². The molecule has 7 heteroatoms. The first-order valence-corrected chi connectivity index (χ1v) is 6.40. The highest BCUT2D eigenvalue weighted by atomic mass is 19.1. The minimum absolute atomic E-state index is 0.331. The molecule has 0 aromatic heterocycles. The summed E-state index contributed by atoms with van der Waals surface area (Å²) in [5, 5.41) is 52.3. The molecule has 0 amide bonds. The molecule has 2 atom stereocenters. The van der Waals surface area contributed by atoms with Crippen LogP contribution in [0.2, 0.25) is 0 Å². The van der Waals surface area contributed by atoms with E-state index in [4.69, 9.17) is 15.9 Å². The number of nitrogens with zero attached hydrogens (tertiary/aromatic N) is 5. The van der Waals surface area contributed by atoms with Crippen molar-refractivity contribution in [2.45, 2.75) is 5.92 Å². The molecule has 0 aliphatic heterocycles. The van der Waals surface area contributed by atoms with Gasteiger partial charge in [-0.15, -0.1) is 0 Å². The van der Waals surface area contributed by atoms with Crippen molar-refractivity contribution in [2.75, 3.05) is 0 Å². The summed E-state index contributed by atoms with van der Waals surface area (Å²) in [7, 11) is 0. The summed E-state index contributed by atoms with van der Waals surface area (Å²) in [4.78, 5) is 0. The summed E-state index contributed by atoms with van der Waals surface area (Å²) in [5.74, 6) is -2.90. The van der Waals surface area contributed by atoms with Gasteiger partial charge in [-0.25, -0.2) is 4.39 Å². The van der Waals surface area contributed by atoms with Crippen molar-refractivity contribution in [1.82, 2.24) is 0 Å². The Kier molecular flexibility index (Phi) is 3.56. The SMILES string of the molecule is N#CC(C#N)C(=[NH2+])[C@]1(C#N)[C@H](c2ccc(F)cc2)C1(C#N)C#N. The van der Waals surface area contributed by atoms with E-state index in [9.17, 15) is 20.2 Å². The van der Waals surface area contributed by atoms with Gasteiger partial charge in [-0.3, -0.25) is 5.41 Å². The number of rotatable bonds is 3. The quantitative estimate of drug-likeness (QED) is 0.800. The van der Waals surface area contributed by atoms with Crippen LogP contribution in [-0.4, -0.2) is 5.71 Å². The van der Waals surface area contributed by atoms with E-state index >= 15 is 0 Å². The molecule has 1 fully saturated rings. The number of benzene rings is 1. The van der Waals surface area contributed by atoms with E-state index in [0.717, 1.165) is 12.1 Å². The van der Waals surface area contributed by atoms with E-state index < -0.39 is 28.5 Å². The molecule has 0 bridgehead atoms. The Hall–Kier alpha value is -3.73.